The maximum absolute atomic E-state index is 13.5. The summed E-state index contributed by atoms with van der Waals surface area (Å²) >= 11 is 0. The molecule has 1 amide bonds. The minimum atomic E-state index is -0.518. The molecular weight excluding hydrogens is 337 g/mol. The number of fused-ring (bicyclic) bond motifs is 1. The molecule has 1 aromatic carbocycles. The number of halogens is 1. The predicted molar refractivity (Wildman–Crippen MR) is 93.0 cm³/mol. The fraction of sp³-hybridized carbons (Fsp3) is 0.579. The molecule has 0 N–H and O–H groups in total. The SMILES string of the molecule is CC(C)(C)OC(=O)N1CCN2C[C@H](c3ccc(F)c(C#N)c3)OC[C@H]2C1. The van der Waals surface area contributed by atoms with Crippen LogP contribution in [-0.4, -0.2) is 60.3 Å². The van der Waals surface area contributed by atoms with Gasteiger partial charge in [-0.1, -0.05) is 6.07 Å². The summed E-state index contributed by atoms with van der Waals surface area (Å²) in [4.78, 5) is 16.3. The van der Waals surface area contributed by atoms with Gasteiger partial charge in [0.1, 0.15) is 17.5 Å². The van der Waals surface area contributed by atoms with Crippen LogP contribution >= 0.6 is 0 Å². The smallest absolute Gasteiger partial charge is 0.410 e. The van der Waals surface area contributed by atoms with Crippen LogP contribution in [0.25, 0.3) is 0 Å². The quantitative estimate of drug-likeness (QED) is 0.769. The lowest BCUT2D eigenvalue weighted by Gasteiger charge is -2.46. The maximum Gasteiger partial charge on any atom is 0.410 e. The van der Waals surface area contributed by atoms with E-state index in [1.54, 1.807) is 17.0 Å². The van der Waals surface area contributed by atoms with Crippen molar-refractivity contribution in [3.8, 4) is 6.07 Å². The third kappa shape index (κ3) is 4.14. The lowest BCUT2D eigenvalue weighted by molar-refractivity contribution is -0.0906. The summed E-state index contributed by atoms with van der Waals surface area (Å²) < 4.78 is 24.9. The Labute approximate surface area is 153 Å². The largest absolute Gasteiger partial charge is 0.444 e. The number of benzene rings is 1. The molecule has 2 fully saturated rings. The third-order valence-electron chi connectivity index (χ3n) is 4.63. The van der Waals surface area contributed by atoms with Gasteiger partial charge in [0.15, 0.2) is 0 Å². The van der Waals surface area contributed by atoms with Gasteiger partial charge in [-0.3, -0.25) is 4.90 Å². The van der Waals surface area contributed by atoms with Gasteiger partial charge in [-0.15, -0.1) is 0 Å². The van der Waals surface area contributed by atoms with Gasteiger partial charge in [0, 0.05) is 26.2 Å². The van der Waals surface area contributed by atoms with E-state index in [4.69, 9.17) is 14.7 Å². The molecule has 0 unspecified atom stereocenters. The Bertz CT molecular complexity index is 726. The van der Waals surface area contributed by atoms with E-state index in [1.165, 1.54) is 6.07 Å². The zero-order chi connectivity index (χ0) is 18.9. The van der Waals surface area contributed by atoms with Gasteiger partial charge < -0.3 is 14.4 Å². The molecule has 26 heavy (non-hydrogen) atoms. The van der Waals surface area contributed by atoms with Gasteiger partial charge in [0.2, 0.25) is 0 Å². The van der Waals surface area contributed by atoms with Crippen molar-refractivity contribution in [1.82, 2.24) is 9.80 Å². The first-order chi connectivity index (χ1) is 12.3. The number of hydrogen-bond acceptors (Lipinski definition) is 5. The number of piperazine rings is 1. The monoisotopic (exact) mass is 361 g/mol. The minimum absolute atomic E-state index is 0.0305. The highest BCUT2D eigenvalue weighted by Gasteiger charge is 2.36. The van der Waals surface area contributed by atoms with E-state index in [9.17, 15) is 9.18 Å². The van der Waals surface area contributed by atoms with E-state index in [-0.39, 0.29) is 23.8 Å². The molecular formula is C19H24FN3O3. The number of nitriles is 1. The van der Waals surface area contributed by atoms with Gasteiger partial charge in [-0.25, -0.2) is 9.18 Å². The van der Waals surface area contributed by atoms with Gasteiger partial charge in [0.25, 0.3) is 0 Å². The number of carbonyl (C=O) groups is 1. The van der Waals surface area contributed by atoms with Crippen LogP contribution in [-0.2, 0) is 9.47 Å². The topological polar surface area (TPSA) is 65.8 Å². The zero-order valence-corrected chi connectivity index (χ0v) is 15.4. The van der Waals surface area contributed by atoms with E-state index < -0.39 is 11.4 Å². The Morgan fingerprint density at radius 1 is 1.35 bits per heavy atom. The summed E-state index contributed by atoms with van der Waals surface area (Å²) in [6.45, 7) is 8.59. The van der Waals surface area contributed by atoms with Crippen LogP contribution in [0.2, 0.25) is 0 Å². The molecule has 6 nitrogen and oxygen atoms in total. The van der Waals surface area contributed by atoms with Crippen molar-refractivity contribution in [2.24, 2.45) is 0 Å². The number of carbonyl (C=O) groups excluding carboxylic acids is 1. The molecule has 7 heteroatoms. The van der Waals surface area contributed by atoms with Crippen molar-refractivity contribution in [2.45, 2.75) is 38.5 Å². The summed E-state index contributed by atoms with van der Waals surface area (Å²) in [5.74, 6) is -0.518. The fourth-order valence-corrected chi connectivity index (χ4v) is 3.31. The molecule has 2 saturated heterocycles. The molecule has 1 aromatic rings. The number of ether oxygens (including phenoxy) is 2. The van der Waals surface area contributed by atoms with Crippen LogP contribution in [0.4, 0.5) is 9.18 Å². The van der Waals surface area contributed by atoms with Crippen LogP contribution in [0.15, 0.2) is 18.2 Å². The van der Waals surface area contributed by atoms with Gasteiger partial charge >= 0.3 is 6.09 Å². The zero-order valence-electron chi connectivity index (χ0n) is 15.4. The number of nitrogens with zero attached hydrogens (tertiary/aromatic N) is 3. The van der Waals surface area contributed by atoms with E-state index in [2.05, 4.69) is 4.90 Å². The average molecular weight is 361 g/mol. The maximum atomic E-state index is 13.5. The molecule has 0 saturated carbocycles. The second-order valence-corrected chi connectivity index (χ2v) is 7.75. The molecule has 0 spiro atoms. The highest BCUT2D eigenvalue weighted by molar-refractivity contribution is 5.68. The molecule has 0 aromatic heterocycles. The van der Waals surface area contributed by atoms with Gasteiger partial charge in [-0.05, 0) is 38.5 Å². The van der Waals surface area contributed by atoms with Crippen LogP contribution in [0.5, 0.6) is 0 Å². The Morgan fingerprint density at radius 2 is 2.12 bits per heavy atom. The number of rotatable bonds is 1. The third-order valence-corrected chi connectivity index (χ3v) is 4.63. The van der Waals surface area contributed by atoms with Gasteiger partial charge in [0.05, 0.1) is 24.3 Å². The normalized spacial score (nSPS) is 23.9. The highest BCUT2D eigenvalue weighted by Crippen LogP contribution is 2.28. The first-order valence-electron chi connectivity index (χ1n) is 8.80. The second-order valence-electron chi connectivity index (χ2n) is 7.75. The standard InChI is InChI=1S/C19H24FN3O3/c1-19(2,3)26-18(24)23-7-6-22-11-17(25-12-15(22)10-23)13-4-5-16(20)14(8-13)9-21/h4-5,8,15,17H,6-7,10-12H2,1-3H3/t15-,17-/m1/s1. The molecule has 3 rings (SSSR count). The molecule has 2 aliphatic rings. The van der Waals surface area contributed by atoms with Crippen molar-refractivity contribution in [1.29, 1.82) is 5.26 Å². The Hall–Kier alpha value is -2.17. The molecule has 2 aliphatic heterocycles. The van der Waals surface area contributed by atoms with Crippen molar-refractivity contribution < 1.29 is 18.7 Å². The Kier molecular flexibility index (Phi) is 5.17. The van der Waals surface area contributed by atoms with E-state index in [0.717, 1.165) is 12.1 Å². The number of amides is 1. The first kappa shape index (κ1) is 18.6. The Morgan fingerprint density at radius 3 is 2.81 bits per heavy atom. The van der Waals surface area contributed by atoms with Crippen LogP contribution in [0.3, 0.4) is 0 Å². The molecule has 0 radical (unpaired) electrons. The van der Waals surface area contributed by atoms with E-state index in [1.807, 2.05) is 26.8 Å². The molecule has 2 heterocycles. The minimum Gasteiger partial charge on any atom is -0.444 e. The number of morpholine rings is 1. The first-order valence-corrected chi connectivity index (χ1v) is 8.80. The van der Waals surface area contributed by atoms with Crippen molar-refractivity contribution in [3.05, 3.63) is 35.1 Å². The van der Waals surface area contributed by atoms with Crippen molar-refractivity contribution in [2.75, 3.05) is 32.8 Å². The van der Waals surface area contributed by atoms with Crippen LogP contribution in [0, 0.1) is 17.1 Å². The fourth-order valence-electron chi connectivity index (χ4n) is 3.31. The highest BCUT2D eigenvalue weighted by atomic mass is 19.1. The summed E-state index contributed by atoms with van der Waals surface area (Å²) in [6.07, 6.45) is -0.497. The van der Waals surface area contributed by atoms with E-state index >= 15 is 0 Å². The van der Waals surface area contributed by atoms with Gasteiger partial charge in [-0.2, -0.15) is 5.26 Å². The van der Waals surface area contributed by atoms with Crippen molar-refractivity contribution in [3.63, 3.8) is 0 Å². The molecule has 0 aliphatic carbocycles. The second kappa shape index (κ2) is 7.22. The summed E-state index contributed by atoms with van der Waals surface area (Å²) in [7, 11) is 0. The van der Waals surface area contributed by atoms with Crippen molar-refractivity contribution >= 4 is 6.09 Å². The van der Waals surface area contributed by atoms with E-state index in [0.29, 0.717) is 26.2 Å². The van der Waals surface area contributed by atoms with Crippen LogP contribution < -0.4 is 0 Å². The summed E-state index contributed by atoms with van der Waals surface area (Å²) in [6, 6.07) is 6.51. The Balaban J connectivity index is 1.62. The lowest BCUT2D eigenvalue weighted by Crippen LogP contribution is -2.60. The molecule has 2 atom stereocenters. The van der Waals surface area contributed by atoms with Crippen LogP contribution in [0.1, 0.15) is 38.0 Å². The predicted octanol–water partition coefficient (Wildman–Crippen LogP) is 2.69. The summed E-state index contributed by atoms with van der Waals surface area (Å²) in [5.41, 5.74) is 0.322. The average Bonchev–Trinajstić information content (AvgIpc) is 2.59. The lowest BCUT2D eigenvalue weighted by atomic mass is 10.0. The summed E-state index contributed by atoms with van der Waals surface area (Å²) in [5, 5.41) is 9.00. The molecule has 140 valence electrons. The molecule has 0 bridgehead atoms. The number of hydrogen-bond donors (Lipinski definition) is 0.